The van der Waals surface area contributed by atoms with Crippen LogP contribution in [-0.2, 0) is 0 Å². The highest BCUT2D eigenvalue weighted by Gasteiger charge is 2.07. The second-order valence-electron chi connectivity index (χ2n) is 3.23. The van der Waals surface area contributed by atoms with Gasteiger partial charge in [0.05, 0.1) is 27.2 Å². The van der Waals surface area contributed by atoms with Crippen molar-refractivity contribution in [1.29, 1.82) is 10.5 Å². The Labute approximate surface area is 86.0 Å². The van der Waals surface area contributed by atoms with Gasteiger partial charge in [-0.3, -0.25) is 0 Å². The highest BCUT2D eigenvalue weighted by Crippen LogP contribution is 1.95. The lowest BCUT2D eigenvalue weighted by Crippen LogP contribution is -2.39. The maximum atomic E-state index is 7.48. The first-order valence-electron chi connectivity index (χ1n) is 4.11. The summed E-state index contributed by atoms with van der Waals surface area (Å²) < 4.78 is 0.951. The minimum Gasteiger partial charge on any atom is -0.322 e. The molecule has 0 saturated heterocycles. The van der Waals surface area contributed by atoms with E-state index in [1.54, 1.807) is 5.32 Å². The molecule has 0 aromatic rings. The molecule has 4 heteroatoms. The first-order chi connectivity index (χ1) is 6.54. The average molecular weight is 193 g/mol. The Hall–Kier alpha value is -1.78. The standard InChI is InChI=1S/C8H16N.C2HN3/c1-5-7-9(3,4)8-6-2;3-1-5-2-4/h5-6H,1-2,7-8H2,3-4H3;5H/q+1;. The van der Waals surface area contributed by atoms with Crippen molar-refractivity contribution < 1.29 is 4.48 Å². The molecule has 0 atom stereocenters. The van der Waals surface area contributed by atoms with E-state index in [4.69, 9.17) is 10.5 Å². The third-order valence-electron chi connectivity index (χ3n) is 1.36. The van der Waals surface area contributed by atoms with Gasteiger partial charge >= 0.3 is 0 Å². The van der Waals surface area contributed by atoms with Crippen molar-refractivity contribution in [2.75, 3.05) is 27.2 Å². The third kappa shape index (κ3) is 12.9. The second-order valence-corrected chi connectivity index (χ2v) is 3.23. The topological polar surface area (TPSA) is 59.6 Å². The summed E-state index contributed by atoms with van der Waals surface area (Å²) in [7, 11) is 4.31. The summed E-state index contributed by atoms with van der Waals surface area (Å²) in [5, 5.41) is 16.7. The Morgan fingerprint density at radius 1 is 1.14 bits per heavy atom. The van der Waals surface area contributed by atoms with Crippen molar-refractivity contribution in [3.05, 3.63) is 25.3 Å². The molecular weight excluding hydrogens is 176 g/mol. The number of hydrogen-bond donors (Lipinski definition) is 1. The quantitative estimate of drug-likeness (QED) is 0.313. The van der Waals surface area contributed by atoms with Gasteiger partial charge in [0.1, 0.15) is 0 Å². The molecule has 0 aromatic carbocycles. The van der Waals surface area contributed by atoms with Gasteiger partial charge in [0.2, 0.25) is 0 Å². The summed E-state index contributed by atoms with van der Waals surface area (Å²) in [6.45, 7) is 9.37. The molecule has 76 valence electrons. The third-order valence-corrected chi connectivity index (χ3v) is 1.36. The van der Waals surface area contributed by atoms with Gasteiger partial charge in [0.25, 0.3) is 0 Å². The van der Waals surface area contributed by atoms with Crippen molar-refractivity contribution in [1.82, 2.24) is 5.32 Å². The fourth-order valence-electron chi connectivity index (χ4n) is 0.799. The predicted molar refractivity (Wildman–Crippen MR) is 56.6 cm³/mol. The van der Waals surface area contributed by atoms with Crippen LogP contribution in [0.1, 0.15) is 0 Å². The average Bonchev–Trinajstić information content (AvgIpc) is 2.06. The van der Waals surface area contributed by atoms with Gasteiger partial charge in [-0.1, -0.05) is 13.2 Å². The van der Waals surface area contributed by atoms with Crippen molar-refractivity contribution in [2.45, 2.75) is 0 Å². The Kier molecular flexibility index (Phi) is 9.79. The molecule has 0 spiro atoms. The van der Waals surface area contributed by atoms with E-state index < -0.39 is 0 Å². The first kappa shape index (κ1) is 14.7. The second kappa shape index (κ2) is 9.31. The smallest absolute Gasteiger partial charge is 0.190 e. The molecule has 0 bridgehead atoms. The van der Waals surface area contributed by atoms with E-state index >= 15 is 0 Å². The Morgan fingerprint density at radius 3 is 1.64 bits per heavy atom. The van der Waals surface area contributed by atoms with E-state index in [1.807, 2.05) is 12.2 Å². The molecule has 1 N–H and O–H groups in total. The summed E-state index contributed by atoms with van der Waals surface area (Å²) >= 11 is 0. The molecule has 0 radical (unpaired) electrons. The minimum atomic E-state index is 0.951. The van der Waals surface area contributed by atoms with Gasteiger partial charge in [0, 0.05) is 0 Å². The zero-order valence-corrected chi connectivity index (χ0v) is 8.82. The van der Waals surface area contributed by atoms with Crippen LogP contribution in [0.5, 0.6) is 0 Å². The van der Waals surface area contributed by atoms with E-state index in [0.717, 1.165) is 17.6 Å². The number of rotatable bonds is 4. The van der Waals surface area contributed by atoms with Crippen molar-refractivity contribution in [3.63, 3.8) is 0 Å². The van der Waals surface area contributed by atoms with Gasteiger partial charge in [0.15, 0.2) is 12.4 Å². The fourth-order valence-corrected chi connectivity index (χ4v) is 0.799. The van der Waals surface area contributed by atoms with Crippen LogP contribution in [0.25, 0.3) is 0 Å². The van der Waals surface area contributed by atoms with Gasteiger partial charge < -0.3 is 4.48 Å². The fraction of sp³-hybridized carbons (Fsp3) is 0.400. The van der Waals surface area contributed by atoms with Crippen molar-refractivity contribution in [2.24, 2.45) is 0 Å². The first-order valence-corrected chi connectivity index (χ1v) is 4.11. The lowest BCUT2D eigenvalue weighted by atomic mass is 10.4. The molecule has 0 aliphatic carbocycles. The molecule has 0 heterocycles. The maximum absolute atomic E-state index is 7.48. The molecule has 0 aliphatic heterocycles. The highest BCUT2D eigenvalue weighted by molar-refractivity contribution is 4.77. The molecule has 0 aliphatic rings. The lowest BCUT2D eigenvalue weighted by molar-refractivity contribution is -0.878. The lowest BCUT2D eigenvalue weighted by Gasteiger charge is -2.26. The van der Waals surface area contributed by atoms with Gasteiger partial charge in [-0.2, -0.15) is 10.5 Å². The molecule has 0 amide bonds. The minimum absolute atomic E-state index is 0.951. The number of nitriles is 2. The highest BCUT2D eigenvalue weighted by atomic mass is 15.3. The van der Waals surface area contributed by atoms with Gasteiger partial charge in [-0.25, -0.2) is 5.32 Å². The zero-order chi connectivity index (χ0) is 11.4. The van der Waals surface area contributed by atoms with Crippen LogP contribution in [0.2, 0.25) is 0 Å². The molecule has 4 nitrogen and oxygen atoms in total. The van der Waals surface area contributed by atoms with Crippen LogP contribution in [0.15, 0.2) is 25.3 Å². The van der Waals surface area contributed by atoms with Crippen LogP contribution in [0.3, 0.4) is 0 Å². The van der Waals surface area contributed by atoms with Crippen LogP contribution in [0, 0.1) is 22.9 Å². The number of quaternary nitrogens is 1. The normalized spacial score (nSPS) is 8.29. The molecule has 0 aromatic heterocycles. The van der Waals surface area contributed by atoms with Gasteiger partial charge in [-0.15, -0.1) is 0 Å². The maximum Gasteiger partial charge on any atom is 0.190 e. The summed E-state index contributed by atoms with van der Waals surface area (Å²) in [6.07, 6.45) is 6.68. The Morgan fingerprint density at radius 2 is 1.50 bits per heavy atom. The number of hydrogen-bond acceptors (Lipinski definition) is 3. The SMILES string of the molecule is C=CC[N+](C)(C)CC=C.N#CNC#N. The monoisotopic (exact) mass is 193 g/mol. The van der Waals surface area contributed by atoms with Crippen molar-refractivity contribution in [3.8, 4) is 12.4 Å². The number of nitrogens with zero attached hydrogens (tertiary/aromatic N) is 3. The summed E-state index contributed by atoms with van der Waals surface area (Å²) in [6, 6.07) is 0. The molecule has 0 rings (SSSR count). The molecule has 0 fully saturated rings. The summed E-state index contributed by atoms with van der Waals surface area (Å²) in [5.41, 5.74) is 0. The molecule has 0 unspecified atom stereocenters. The van der Waals surface area contributed by atoms with E-state index in [2.05, 4.69) is 27.3 Å². The summed E-state index contributed by atoms with van der Waals surface area (Å²) in [5.74, 6) is 0. The molecule has 14 heavy (non-hydrogen) atoms. The number of likely N-dealkylation sites (N-methyl/N-ethyl adjacent to an activating group) is 1. The zero-order valence-electron chi connectivity index (χ0n) is 8.82. The Bertz CT molecular complexity index is 218. The van der Waals surface area contributed by atoms with E-state index in [-0.39, 0.29) is 0 Å². The predicted octanol–water partition coefficient (Wildman–Crippen LogP) is 0.973. The van der Waals surface area contributed by atoms with Crippen molar-refractivity contribution >= 4 is 0 Å². The van der Waals surface area contributed by atoms with Crippen LogP contribution < -0.4 is 5.32 Å². The van der Waals surface area contributed by atoms with Crippen LogP contribution in [0.4, 0.5) is 0 Å². The van der Waals surface area contributed by atoms with Crippen LogP contribution in [-0.4, -0.2) is 31.7 Å². The molecular formula is C10H17N4+. The van der Waals surface area contributed by atoms with Crippen LogP contribution >= 0.6 is 0 Å². The van der Waals surface area contributed by atoms with E-state index in [0.29, 0.717) is 0 Å². The molecule has 0 saturated carbocycles. The largest absolute Gasteiger partial charge is 0.322 e. The Balaban J connectivity index is 0. The van der Waals surface area contributed by atoms with E-state index in [1.165, 1.54) is 12.4 Å². The van der Waals surface area contributed by atoms with Gasteiger partial charge in [-0.05, 0) is 12.2 Å². The number of nitrogens with one attached hydrogen (secondary N) is 1. The summed E-state index contributed by atoms with van der Waals surface area (Å²) in [4.78, 5) is 0. The van der Waals surface area contributed by atoms with E-state index in [9.17, 15) is 0 Å².